The predicted molar refractivity (Wildman–Crippen MR) is 69.8 cm³/mol. The molecule has 0 saturated carbocycles. The number of non-ortho nitro benzene ring substituents is 1. The zero-order chi connectivity index (χ0) is 15.4. The van der Waals surface area contributed by atoms with Gasteiger partial charge in [0.15, 0.2) is 6.29 Å². The van der Waals surface area contributed by atoms with Crippen LogP contribution in [-0.4, -0.2) is 17.2 Å². The van der Waals surface area contributed by atoms with Gasteiger partial charge in [0.05, 0.1) is 16.1 Å². The molecule has 7 heteroatoms. The van der Waals surface area contributed by atoms with Gasteiger partial charge in [0.25, 0.3) is 5.69 Å². The van der Waals surface area contributed by atoms with Gasteiger partial charge in [0.1, 0.15) is 11.6 Å². The average Bonchev–Trinajstić information content (AvgIpc) is 2.47. The normalized spacial score (nSPS) is 9.95. The van der Waals surface area contributed by atoms with Gasteiger partial charge in [-0.2, -0.15) is 0 Å². The van der Waals surface area contributed by atoms with E-state index in [-0.39, 0.29) is 22.6 Å². The van der Waals surface area contributed by atoms with Gasteiger partial charge in [-0.1, -0.05) is 12.1 Å². The quantitative estimate of drug-likeness (QED) is 0.284. The van der Waals surface area contributed by atoms with E-state index in [0.29, 0.717) is 6.29 Å². The van der Waals surface area contributed by atoms with E-state index in [1.807, 2.05) is 0 Å². The van der Waals surface area contributed by atoms with E-state index in [1.165, 1.54) is 18.2 Å². The molecule has 0 aromatic heterocycles. The Hall–Kier alpha value is -3.09. The lowest BCUT2D eigenvalue weighted by molar-refractivity contribution is -0.384. The first-order valence-electron chi connectivity index (χ1n) is 5.73. The second kappa shape index (κ2) is 5.91. The fraction of sp³-hybridized carbons (Fsp3) is 0. The summed E-state index contributed by atoms with van der Waals surface area (Å²) in [6.07, 6.45) is 0.316. The van der Waals surface area contributed by atoms with Crippen molar-refractivity contribution >= 4 is 17.9 Å². The Balaban J connectivity index is 2.31. The van der Waals surface area contributed by atoms with Crippen molar-refractivity contribution in [2.45, 2.75) is 0 Å². The van der Waals surface area contributed by atoms with Crippen molar-refractivity contribution in [2.75, 3.05) is 0 Å². The largest absolute Gasteiger partial charge is 0.422 e. The highest BCUT2D eigenvalue weighted by molar-refractivity contribution is 5.93. The third-order valence-corrected chi connectivity index (χ3v) is 2.63. The molecule has 0 radical (unpaired) electrons. The molecule has 106 valence electrons. The standard InChI is InChI=1S/C14H8FNO5/c15-12-4-2-1-3-11(12)14(18)21-13-6-5-10(16(19)20)7-9(13)8-17/h1-8H. The van der Waals surface area contributed by atoms with Gasteiger partial charge in [0.2, 0.25) is 0 Å². The second-order valence-corrected chi connectivity index (χ2v) is 3.97. The van der Waals surface area contributed by atoms with Crippen molar-refractivity contribution in [3.05, 3.63) is 69.5 Å². The topological polar surface area (TPSA) is 86.5 Å². The maximum absolute atomic E-state index is 13.4. The fourth-order valence-corrected chi connectivity index (χ4v) is 1.62. The van der Waals surface area contributed by atoms with Crippen LogP contribution in [0.5, 0.6) is 5.75 Å². The van der Waals surface area contributed by atoms with Crippen LogP contribution in [0.4, 0.5) is 10.1 Å². The van der Waals surface area contributed by atoms with Crippen LogP contribution < -0.4 is 4.74 Å². The van der Waals surface area contributed by atoms with Crippen molar-refractivity contribution in [1.29, 1.82) is 0 Å². The molecule has 2 rings (SSSR count). The van der Waals surface area contributed by atoms with Crippen molar-refractivity contribution < 1.29 is 23.6 Å². The minimum atomic E-state index is -0.995. The van der Waals surface area contributed by atoms with Crippen LogP contribution in [0.25, 0.3) is 0 Å². The molecule has 0 aliphatic rings. The van der Waals surface area contributed by atoms with Crippen molar-refractivity contribution in [3.8, 4) is 5.75 Å². The van der Waals surface area contributed by atoms with Crippen LogP contribution in [0.15, 0.2) is 42.5 Å². The van der Waals surface area contributed by atoms with Gasteiger partial charge in [-0.25, -0.2) is 9.18 Å². The number of nitrogens with zero attached hydrogens (tertiary/aromatic N) is 1. The third-order valence-electron chi connectivity index (χ3n) is 2.63. The molecular weight excluding hydrogens is 281 g/mol. The van der Waals surface area contributed by atoms with E-state index in [2.05, 4.69) is 0 Å². The van der Waals surface area contributed by atoms with E-state index < -0.39 is 16.7 Å². The zero-order valence-corrected chi connectivity index (χ0v) is 10.5. The molecule has 0 atom stereocenters. The number of esters is 1. The van der Waals surface area contributed by atoms with E-state index >= 15 is 0 Å². The van der Waals surface area contributed by atoms with Gasteiger partial charge in [-0.05, 0) is 18.2 Å². The number of ether oxygens (including phenoxy) is 1. The van der Waals surface area contributed by atoms with Gasteiger partial charge < -0.3 is 4.74 Å². The molecule has 0 heterocycles. The molecule has 2 aromatic carbocycles. The lowest BCUT2D eigenvalue weighted by atomic mass is 10.2. The van der Waals surface area contributed by atoms with Crippen LogP contribution in [0.3, 0.4) is 0 Å². The van der Waals surface area contributed by atoms with E-state index in [0.717, 1.165) is 24.3 Å². The molecule has 0 aliphatic carbocycles. The number of aldehydes is 1. The number of halogens is 1. The Labute approximate surface area is 117 Å². The molecule has 0 amide bonds. The summed E-state index contributed by atoms with van der Waals surface area (Å²) in [5.41, 5.74) is -0.788. The molecular formula is C14H8FNO5. The SMILES string of the molecule is O=Cc1cc([N+](=O)[O-])ccc1OC(=O)c1ccccc1F. The van der Waals surface area contributed by atoms with Crippen molar-refractivity contribution in [1.82, 2.24) is 0 Å². The van der Waals surface area contributed by atoms with Crippen molar-refractivity contribution in [2.24, 2.45) is 0 Å². The van der Waals surface area contributed by atoms with Crippen LogP contribution in [-0.2, 0) is 0 Å². The van der Waals surface area contributed by atoms with Gasteiger partial charge in [-0.15, -0.1) is 0 Å². The second-order valence-electron chi connectivity index (χ2n) is 3.97. The molecule has 0 unspecified atom stereocenters. The number of nitro groups is 1. The first-order chi connectivity index (χ1) is 10.0. The lowest BCUT2D eigenvalue weighted by Gasteiger charge is -2.07. The molecule has 6 nitrogen and oxygen atoms in total. The van der Waals surface area contributed by atoms with Crippen molar-refractivity contribution in [3.63, 3.8) is 0 Å². The van der Waals surface area contributed by atoms with Crippen LogP contribution in [0.1, 0.15) is 20.7 Å². The average molecular weight is 289 g/mol. The highest BCUT2D eigenvalue weighted by Gasteiger charge is 2.17. The van der Waals surface area contributed by atoms with Gasteiger partial charge in [-0.3, -0.25) is 14.9 Å². The van der Waals surface area contributed by atoms with Crippen LogP contribution >= 0.6 is 0 Å². The highest BCUT2D eigenvalue weighted by Crippen LogP contribution is 2.24. The summed E-state index contributed by atoms with van der Waals surface area (Å²) in [7, 11) is 0. The number of hydrogen-bond acceptors (Lipinski definition) is 5. The Bertz CT molecular complexity index is 729. The first-order valence-corrected chi connectivity index (χ1v) is 5.73. The van der Waals surface area contributed by atoms with Gasteiger partial charge >= 0.3 is 5.97 Å². The number of benzene rings is 2. The van der Waals surface area contributed by atoms with E-state index in [9.17, 15) is 24.1 Å². The molecule has 0 bridgehead atoms. The fourth-order valence-electron chi connectivity index (χ4n) is 1.62. The predicted octanol–water partition coefficient (Wildman–Crippen LogP) is 2.77. The molecule has 2 aromatic rings. The van der Waals surface area contributed by atoms with Gasteiger partial charge in [0, 0.05) is 12.1 Å². The first kappa shape index (κ1) is 14.3. The molecule has 0 aliphatic heterocycles. The number of rotatable bonds is 4. The summed E-state index contributed by atoms with van der Waals surface area (Å²) >= 11 is 0. The monoisotopic (exact) mass is 289 g/mol. The van der Waals surface area contributed by atoms with E-state index in [1.54, 1.807) is 0 Å². The smallest absolute Gasteiger partial charge is 0.346 e. The minimum Gasteiger partial charge on any atom is -0.422 e. The number of nitro benzene ring substituents is 1. The Morgan fingerprint density at radius 2 is 1.95 bits per heavy atom. The number of carbonyl (C=O) groups excluding carboxylic acids is 2. The lowest BCUT2D eigenvalue weighted by Crippen LogP contribution is -2.11. The summed E-state index contributed by atoms with van der Waals surface area (Å²) in [6, 6.07) is 8.34. The van der Waals surface area contributed by atoms with E-state index in [4.69, 9.17) is 4.74 Å². The molecule has 0 spiro atoms. The maximum Gasteiger partial charge on any atom is 0.346 e. The molecule has 21 heavy (non-hydrogen) atoms. The molecule has 0 fully saturated rings. The summed E-state index contributed by atoms with van der Waals surface area (Å²) < 4.78 is 18.3. The Morgan fingerprint density at radius 1 is 1.24 bits per heavy atom. The van der Waals surface area contributed by atoms with Crippen LogP contribution in [0, 0.1) is 15.9 Å². The maximum atomic E-state index is 13.4. The Morgan fingerprint density at radius 3 is 2.57 bits per heavy atom. The summed E-state index contributed by atoms with van der Waals surface area (Å²) in [4.78, 5) is 32.6. The number of hydrogen-bond donors (Lipinski definition) is 0. The number of carbonyl (C=O) groups is 2. The zero-order valence-electron chi connectivity index (χ0n) is 10.5. The molecule has 0 saturated heterocycles. The molecule has 0 N–H and O–H groups in total. The van der Waals surface area contributed by atoms with Crippen LogP contribution in [0.2, 0.25) is 0 Å². The minimum absolute atomic E-state index is 0.172. The highest BCUT2D eigenvalue weighted by atomic mass is 19.1. The Kier molecular flexibility index (Phi) is 4.03. The summed E-state index contributed by atoms with van der Waals surface area (Å²) in [5.74, 6) is -1.94. The third kappa shape index (κ3) is 3.08. The summed E-state index contributed by atoms with van der Waals surface area (Å²) in [6.45, 7) is 0. The summed E-state index contributed by atoms with van der Waals surface area (Å²) in [5, 5.41) is 10.6.